The van der Waals surface area contributed by atoms with Gasteiger partial charge in [0.2, 0.25) is 11.8 Å². The quantitative estimate of drug-likeness (QED) is 0.742. The lowest BCUT2D eigenvalue weighted by atomic mass is 9.85. The van der Waals surface area contributed by atoms with Crippen molar-refractivity contribution < 1.29 is 22.8 Å². The van der Waals surface area contributed by atoms with Crippen molar-refractivity contribution >= 4 is 11.8 Å². The average Bonchev–Trinajstić information content (AvgIpc) is 2.35. The van der Waals surface area contributed by atoms with Crippen LogP contribution in [0.2, 0.25) is 0 Å². The maximum Gasteiger partial charge on any atom is 0.391 e. The summed E-state index contributed by atoms with van der Waals surface area (Å²) in [7, 11) is 0. The van der Waals surface area contributed by atoms with Gasteiger partial charge < -0.3 is 11.1 Å². The van der Waals surface area contributed by atoms with Gasteiger partial charge in [0.15, 0.2) is 0 Å². The smallest absolute Gasteiger partial charge is 0.369 e. The zero-order valence-corrected chi connectivity index (χ0v) is 13.7. The minimum absolute atomic E-state index is 0.0334. The third-order valence-corrected chi connectivity index (χ3v) is 3.87. The lowest BCUT2D eigenvalue weighted by Gasteiger charge is -2.31. The molecule has 0 bridgehead atoms. The first-order chi connectivity index (χ1) is 10.6. The second-order valence-electron chi connectivity index (χ2n) is 6.70. The van der Waals surface area contributed by atoms with Gasteiger partial charge in [0, 0.05) is 12.6 Å². The normalized spacial score (nSPS) is 22.4. The molecule has 0 heterocycles. The van der Waals surface area contributed by atoms with Crippen molar-refractivity contribution in [3.63, 3.8) is 0 Å². The summed E-state index contributed by atoms with van der Waals surface area (Å²) >= 11 is 0. The Bertz CT molecular complexity index is 413. The van der Waals surface area contributed by atoms with Gasteiger partial charge in [-0.25, -0.2) is 0 Å². The Kier molecular flexibility index (Phi) is 7.31. The standard InChI is InChI=1S/C15H26F3N3O2/c1-10(2)7-21(8-13(19)22)9-14(23)20-12-5-3-4-11(6-12)15(16,17)18/h10-12H,3-9H2,1-2H3,(H2,19,22)(H,20,23)/t11-,12-/m0/s1. The van der Waals surface area contributed by atoms with Crippen LogP contribution in [0, 0.1) is 11.8 Å². The molecule has 2 amide bonds. The molecule has 2 atom stereocenters. The minimum Gasteiger partial charge on any atom is -0.369 e. The molecular formula is C15H26F3N3O2. The first kappa shape index (κ1) is 19.7. The third kappa shape index (κ3) is 7.67. The molecule has 1 saturated carbocycles. The maximum absolute atomic E-state index is 12.8. The Labute approximate surface area is 134 Å². The molecule has 8 heteroatoms. The van der Waals surface area contributed by atoms with Crippen molar-refractivity contribution in [2.45, 2.75) is 51.7 Å². The molecule has 0 unspecified atom stereocenters. The number of carbonyl (C=O) groups is 2. The van der Waals surface area contributed by atoms with E-state index in [-0.39, 0.29) is 37.8 Å². The van der Waals surface area contributed by atoms with Crippen molar-refractivity contribution in [3.8, 4) is 0 Å². The molecule has 0 aliphatic heterocycles. The van der Waals surface area contributed by atoms with E-state index in [2.05, 4.69) is 5.32 Å². The monoisotopic (exact) mass is 337 g/mol. The summed E-state index contributed by atoms with van der Waals surface area (Å²) in [5.74, 6) is -2.00. The second-order valence-corrected chi connectivity index (χ2v) is 6.70. The minimum atomic E-state index is -4.21. The van der Waals surface area contributed by atoms with Gasteiger partial charge in [-0.3, -0.25) is 14.5 Å². The summed E-state index contributed by atoms with van der Waals surface area (Å²) in [6, 6.07) is -0.461. The summed E-state index contributed by atoms with van der Waals surface area (Å²) in [5, 5.41) is 2.67. The molecule has 1 fully saturated rings. The van der Waals surface area contributed by atoms with Gasteiger partial charge in [0.05, 0.1) is 19.0 Å². The number of halogens is 3. The predicted octanol–water partition coefficient (Wildman–Crippen LogP) is 1.67. The van der Waals surface area contributed by atoms with Crippen molar-refractivity contribution in [3.05, 3.63) is 0 Å². The molecule has 0 aromatic carbocycles. The average molecular weight is 337 g/mol. The van der Waals surface area contributed by atoms with Crippen molar-refractivity contribution in [2.24, 2.45) is 17.6 Å². The van der Waals surface area contributed by atoms with Crippen LogP contribution in [-0.2, 0) is 9.59 Å². The van der Waals surface area contributed by atoms with Crippen LogP contribution >= 0.6 is 0 Å². The largest absolute Gasteiger partial charge is 0.391 e. The first-order valence-corrected chi connectivity index (χ1v) is 7.94. The van der Waals surface area contributed by atoms with Crippen molar-refractivity contribution in [1.29, 1.82) is 0 Å². The van der Waals surface area contributed by atoms with Crippen LogP contribution in [0.4, 0.5) is 13.2 Å². The summed E-state index contributed by atoms with van der Waals surface area (Å²) in [5.41, 5.74) is 5.16. The van der Waals surface area contributed by atoms with Crippen LogP contribution in [0.5, 0.6) is 0 Å². The highest BCUT2D eigenvalue weighted by molar-refractivity contribution is 5.80. The highest BCUT2D eigenvalue weighted by atomic mass is 19.4. The number of nitrogens with one attached hydrogen (secondary N) is 1. The second kappa shape index (κ2) is 8.52. The lowest BCUT2D eigenvalue weighted by molar-refractivity contribution is -0.184. The number of hydrogen-bond donors (Lipinski definition) is 2. The fraction of sp³-hybridized carbons (Fsp3) is 0.867. The number of hydrogen-bond acceptors (Lipinski definition) is 3. The maximum atomic E-state index is 12.8. The van der Waals surface area contributed by atoms with Gasteiger partial charge in [0.1, 0.15) is 0 Å². The van der Waals surface area contributed by atoms with E-state index in [1.165, 1.54) is 0 Å². The van der Waals surface area contributed by atoms with Gasteiger partial charge in [-0.05, 0) is 25.2 Å². The number of alkyl halides is 3. The predicted molar refractivity (Wildman–Crippen MR) is 80.4 cm³/mol. The zero-order valence-electron chi connectivity index (χ0n) is 13.7. The number of amides is 2. The molecule has 0 aromatic rings. The molecule has 1 aliphatic rings. The highest BCUT2D eigenvalue weighted by Crippen LogP contribution is 2.37. The molecule has 134 valence electrons. The summed E-state index contributed by atoms with van der Waals surface area (Å²) in [6.07, 6.45) is -3.16. The molecule has 0 spiro atoms. The topological polar surface area (TPSA) is 75.4 Å². The van der Waals surface area contributed by atoms with E-state index >= 15 is 0 Å². The molecule has 3 N–H and O–H groups in total. The van der Waals surface area contributed by atoms with Crippen LogP contribution in [0.1, 0.15) is 39.5 Å². The van der Waals surface area contributed by atoms with Crippen LogP contribution in [0.3, 0.4) is 0 Å². The van der Waals surface area contributed by atoms with Gasteiger partial charge in [-0.2, -0.15) is 13.2 Å². The van der Waals surface area contributed by atoms with E-state index in [4.69, 9.17) is 5.73 Å². The Morgan fingerprint density at radius 3 is 2.43 bits per heavy atom. The molecule has 1 rings (SSSR count). The van der Waals surface area contributed by atoms with E-state index in [1.54, 1.807) is 4.90 Å². The number of carbonyl (C=O) groups excluding carboxylic acids is 2. The van der Waals surface area contributed by atoms with Gasteiger partial charge in [0.25, 0.3) is 0 Å². The van der Waals surface area contributed by atoms with Crippen molar-refractivity contribution in [1.82, 2.24) is 10.2 Å². The van der Waals surface area contributed by atoms with Gasteiger partial charge in [-0.15, -0.1) is 0 Å². The highest BCUT2D eigenvalue weighted by Gasteiger charge is 2.42. The third-order valence-electron chi connectivity index (χ3n) is 3.87. The SMILES string of the molecule is CC(C)CN(CC(N)=O)CC(=O)N[C@H]1CCC[C@H](C(F)(F)F)C1. The molecule has 23 heavy (non-hydrogen) atoms. The zero-order chi connectivity index (χ0) is 17.6. The lowest BCUT2D eigenvalue weighted by Crippen LogP contribution is -2.47. The Hall–Kier alpha value is -1.31. The van der Waals surface area contributed by atoms with Crippen LogP contribution in [0.25, 0.3) is 0 Å². The molecule has 1 aliphatic carbocycles. The van der Waals surface area contributed by atoms with E-state index in [0.717, 1.165) is 0 Å². The number of rotatable bonds is 7. The fourth-order valence-corrected chi connectivity index (χ4v) is 3.02. The summed E-state index contributed by atoms with van der Waals surface area (Å²) in [6.45, 7) is 4.34. The Morgan fingerprint density at radius 2 is 1.91 bits per heavy atom. The van der Waals surface area contributed by atoms with Gasteiger partial charge >= 0.3 is 6.18 Å². The van der Waals surface area contributed by atoms with E-state index in [9.17, 15) is 22.8 Å². The van der Waals surface area contributed by atoms with E-state index in [1.807, 2.05) is 13.8 Å². The van der Waals surface area contributed by atoms with Gasteiger partial charge in [-0.1, -0.05) is 20.3 Å². The Morgan fingerprint density at radius 1 is 1.26 bits per heavy atom. The molecular weight excluding hydrogens is 311 g/mol. The number of nitrogens with two attached hydrogens (primary N) is 1. The van der Waals surface area contributed by atoms with Crippen LogP contribution < -0.4 is 11.1 Å². The van der Waals surface area contributed by atoms with E-state index < -0.39 is 24.0 Å². The first-order valence-electron chi connectivity index (χ1n) is 7.94. The van der Waals surface area contributed by atoms with Crippen LogP contribution in [-0.4, -0.2) is 48.6 Å². The molecule has 0 radical (unpaired) electrons. The molecule has 5 nitrogen and oxygen atoms in total. The summed E-state index contributed by atoms with van der Waals surface area (Å²) < 4.78 is 38.3. The Balaban J connectivity index is 2.51. The van der Waals surface area contributed by atoms with Crippen molar-refractivity contribution in [2.75, 3.05) is 19.6 Å². The number of primary amides is 1. The summed E-state index contributed by atoms with van der Waals surface area (Å²) in [4.78, 5) is 24.7. The molecule has 0 saturated heterocycles. The fourth-order valence-electron chi connectivity index (χ4n) is 3.02. The molecule has 0 aromatic heterocycles. The number of nitrogens with zero attached hydrogens (tertiary/aromatic N) is 1. The van der Waals surface area contributed by atoms with E-state index in [0.29, 0.717) is 19.4 Å². The van der Waals surface area contributed by atoms with Crippen LogP contribution in [0.15, 0.2) is 0 Å².